The second kappa shape index (κ2) is 4.73. The van der Waals surface area contributed by atoms with Gasteiger partial charge in [-0.05, 0) is 18.2 Å². The molecule has 110 valence electrons. The minimum atomic E-state index is -2.36. The van der Waals surface area contributed by atoms with Gasteiger partial charge in [-0.1, -0.05) is 17.7 Å². The van der Waals surface area contributed by atoms with Crippen molar-refractivity contribution >= 4 is 34.4 Å². The SMILES string of the molecule is O=C(c1cc2ccc(Cl)cc2[nH]1)N1CCC(F)(C(=O)O)C1. The van der Waals surface area contributed by atoms with Crippen molar-refractivity contribution < 1.29 is 19.1 Å². The average Bonchev–Trinajstić information content (AvgIpc) is 3.02. The highest BCUT2D eigenvalue weighted by molar-refractivity contribution is 6.31. The first-order valence-corrected chi connectivity index (χ1v) is 6.77. The zero-order chi connectivity index (χ0) is 15.2. The molecule has 1 fully saturated rings. The number of hydrogen-bond acceptors (Lipinski definition) is 2. The number of benzene rings is 1. The Kier molecular flexibility index (Phi) is 3.13. The predicted molar refractivity (Wildman–Crippen MR) is 75.3 cm³/mol. The van der Waals surface area contributed by atoms with Gasteiger partial charge in [0.25, 0.3) is 5.91 Å². The summed E-state index contributed by atoms with van der Waals surface area (Å²) in [7, 11) is 0. The Bertz CT molecular complexity index is 745. The van der Waals surface area contributed by atoms with Crippen LogP contribution in [0.2, 0.25) is 5.02 Å². The van der Waals surface area contributed by atoms with Gasteiger partial charge in [0.05, 0.1) is 6.54 Å². The number of fused-ring (bicyclic) bond motifs is 1. The highest BCUT2D eigenvalue weighted by atomic mass is 35.5. The van der Waals surface area contributed by atoms with Crippen molar-refractivity contribution in [2.45, 2.75) is 12.1 Å². The molecule has 3 rings (SSSR count). The lowest BCUT2D eigenvalue weighted by atomic mass is 10.1. The van der Waals surface area contributed by atoms with E-state index in [9.17, 15) is 14.0 Å². The van der Waals surface area contributed by atoms with Crippen LogP contribution < -0.4 is 0 Å². The Morgan fingerprint density at radius 1 is 1.38 bits per heavy atom. The number of aromatic amines is 1. The van der Waals surface area contributed by atoms with Gasteiger partial charge in [-0.25, -0.2) is 9.18 Å². The minimum Gasteiger partial charge on any atom is -0.479 e. The summed E-state index contributed by atoms with van der Waals surface area (Å²) < 4.78 is 14.0. The maximum atomic E-state index is 14.0. The highest BCUT2D eigenvalue weighted by Crippen LogP contribution is 2.28. The molecule has 2 aromatic rings. The maximum absolute atomic E-state index is 14.0. The number of H-pyrrole nitrogens is 1. The van der Waals surface area contributed by atoms with Gasteiger partial charge in [0.1, 0.15) is 5.69 Å². The second-order valence-corrected chi connectivity index (χ2v) is 5.60. The third-order valence-electron chi connectivity index (χ3n) is 3.70. The Morgan fingerprint density at radius 2 is 2.14 bits per heavy atom. The number of nitrogens with zero attached hydrogens (tertiary/aromatic N) is 1. The minimum absolute atomic E-state index is 0.0811. The van der Waals surface area contributed by atoms with Gasteiger partial charge in [-0.3, -0.25) is 4.79 Å². The fourth-order valence-electron chi connectivity index (χ4n) is 2.51. The van der Waals surface area contributed by atoms with Crippen LogP contribution in [0.4, 0.5) is 4.39 Å². The number of nitrogens with one attached hydrogen (secondary N) is 1. The van der Waals surface area contributed by atoms with Gasteiger partial charge in [-0.15, -0.1) is 0 Å². The van der Waals surface area contributed by atoms with Crippen LogP contribution >= 0.6 is 11.6 Å². The van der Waals surface area contributed by atoms with Crippen molar-refractivity contribution in [3.05, 3.63) is 35.0 Å². The molecule has 1 amide bonds. The molecule has 2 N–H and O–H groups in total. The van der Waals surface area contributed by atoms with E-state index >= 15 is 0 Å². The number of aliphatic carboxylic acids is 1. The Balaban J connectivity index is 1.86. The van der Waals surface area contributed by atoms with Gasteiger partial charge in [0.15, 0.2) is 0 Å². The number of rotatable bonds is 2. The molecule has 0 saturated carbocycles. The lowest BCUT2D eigenvalue weighted by Gasteiger charge is -2.16. The standard InChI is InChI=1S/C14H12ClFN2O3/c15-9-2-1-8-5-11(17-10(8)6-9)12(19)18-4-3-14(16,7-18)13(20)21/h1-2,5-6,17H,3-4,7H2,(H,20,21). The van der Waals surface area contributed by atoms with Crippen LogP contribution in [0, 0.1) is 0 Å². The van der Waals surface area contributed by atoms with E-state index in [-0.39, 0.29) is 13.0 Å². The molecule has 2 heterocycles. The number of halogens is 2. The molecule has 21 heavy (non-hydrogen) atoms. The molecule has 0 aliphatic carbocycles. The lowest BCUT2D eigenvalue weighted by molar-refractivity contribution is -0.149. The van der Waals surface area contributed by atoms with E-state index in [2.05, 4.69) is 4.98 Å². The quantitative estimate of drug-likeness (QED) is 0.895. The van der Waals surface area contributed by atoms with Gasteiger partial charge < -0.3 is 15.0 Å². The molecule has 1 aromatic carbocycles. The van der Waals surface area contributed by atoms with Gasteiger partial charge in [0.2, 0.25) is 5.67 Å². The number of amides is 1. The third kappa shape index (κ3) is 2.35. The van der Waals surface area contributed by atoms with Gasteiger partial charge >= 0.3 is 5.97 Å². The summed E-state index contributed by atoms with van der Waals surface area (Å²) in [6, 6.07) is 6.81. The zero-order valence-corrected chi connectivity index (χ0v) is 11.7. The van der Waals surface area contributed by atoms with Crippen molar-refractivity contribution in [2.75, 3.05) is 13.1 Å². The molecule has 1 atom stereocenters. The van der Waals surface area contributed by atoms with Crippen LogP contribution in [0.15, 0.2) is 24.3 Å². The van der Waals surface area contributed by atoms with Crippen molar-refractivity contribution in [1.29, 1.82) is 0 Å². The van der Waals surface area contributed by atoms with E-state index in [1.165, 1.54) is 4.90 Å². The fourth-order valence-corrected chi connectivity index (χ4v) is 2.68. The summed E-state index contributed by atoms with van der Waals surface area (Å²) in [6.07, 6.45) is -0.194. The zero-order valence-electron chi connectivity index (χ0n) is 10.9. The first kappa shape index (κ1) is 13.9. The summed E-state index contributed by atoms with van der Waals surface area (Å²) in [5.41, 5.74) is -1.36. The van der Waals surface area contributed by atoms with Crippen LogP contribution in [0.25, 0.3) is 10.9 Å². The second-order valence-electron chi connectivity index (χ2n) is 5.16. The van der Waals surface area contributed by atoms with Gasteiger partial charge in [0, 0.05) is 28.9 Å². The van der Waals surface area contributed by atoms with Crippen molar-refractivity contribution in [1.82, 2.24) is 9.88 Å². The Labute approximate surface area is 124 Å². The Hall–Kier alpha value is -2.08. The molecule has 1 saturated heterocycles. The largest absolute Gasteiger partial charge is 0.479 e. The fraction of sp³-hybridized carbons (Fsp3) is 0.286. The van der Waals surface area contributed by atoms with E-state index in [1.54, 1.807) is 24.3 Å². The molecule has 1 aliphatic heterocycles. The number of carbonyl (C=O) groups excluding carboxylic acids is 1. The number of aromatic nitrogens is 1. The van der Waals surface area contributed by atoms with Gasteiger partial charge in [-0.2, -0.15) is 0 Å². The summed E-state index contributed by atoms with van der Waals surface area (Å²) in [5, 5.41) is 10.2. The van der Waals surface area contributed by atoms with E-state index < -0.39 is 24.1 Å². The van der Waals surface area contributed by atoms with Crippen LogP contribution in [-0.4, -0.2) is 45.6 Å². The Morgan fingerprint density at radius 3 is 2.81 bits per heavy atom. The lowest BCUT2D eigenvalue weighted by Crippen LogP contribution is -2.39. The average molecular weight is 311 g/mol. The molecule has 1 unspecified atom stereocenters. The predicted octanol–water partition coefficient (Wildman–Crippen LogP) is 2.46. The van der Waals surface area contributed by atoms with Crippen LogP contribution in [0.3, 0.4) is 0 Å². The molecule has 1 aromatic heterocycles. The molecule has 0 radical (unpaired) electrons. The number of hydrogen-bond donors (Lipinski definition) is 2. The summed E-state index contributed by atoms with van der Waals surface area (Å²) in [4.78, 5) is 27.3. The van der Waals surface area contributed by atoms with E-state index in [4.69, 9.17) is 16.7 Å². The van der Waals surface area contributed by atoms with Crippen molar-refractivity contribution in [2.24, 2.45) is 0 Å². The molecule has 5 nitrogen and oxygen atoms in total. The molecule has 1 aliphatic rings. The molecular weight excluding hydrogens is 299 g/mol. The number of carboxylic acids is 1. The highest BCUT2D eigenvalue weighted by Gasteiger charge is 2.47. The van der Waals surface area contributed by atoms with E-state index in [0.717, 1.165) is 5.39 Å². The number of alkyl halides is 1. The van der Waals surface area contributed by atoms with Crippen molar-refractivity contribution in [3.63, 3.8) is 0 Å². The molecular formula is C14H12ClFN2O3. The van der Waals surface area contributed by atoms with E-state index in [0.29, 0.717) is 16.2 Å². The monoisotopic (exact) mass is 310 g/mol. The topological polar surface area (TPSA) is 73.4 Å². The normalized spacial score (nSPS) is 21.9. The number of carbonyl (C=O) groups is 2. The summed E-state index contributed by atoms with van der Waals surface area (Å²) in [5.74, 6) is -1.94. The summed E-state index contributed by atoms with van der Waals surface area (Å²) >= 11 is 5.88. The van der Waals surface area contributed by atoms with Crippen molar-refractivity contribution in [3.8, 4) is 0 Å². The van der Waals surface area contributed by atoms with E-state index in [1.807, 2.05) is 0 Å². The number of likely N-dealkylation sites (tertiary alicyclic amines) is 1. The summed E-state index contributed by atoms with van der Waals surface area (Å²) in [6.45, 7) is -0.352. The first-order chi connectivity index (χ1) is 9.89. The molecule has 7 heteroatoms. The molecule has 0 spiro atoms. The first-order valence-electron chi connectivity index (χ1n) is 6.39. The third-order valence-corrected chi connectivity index (χ3v) is 3.94. The molecule has 0 bridgehead atoms. The van der Waals surface area contributed by atoms with Crippen LogP contribution in [0.5, 0.6) is 0 Å². The van der Waals surface area contributed by atoms with Crippen LogP contribution in [-0.2, 0) is 4.79 Å². The van der Waals surface area contributed by atoms with Crippen LogP contribution in [0.1, 0.15) is 16.9 Å². The number of carboxylic acid groups (broad SMARTS) is 1. The maximum Gasteiger partial charge on any atom is 0.343 e. The smallest absolute Gasteiger partial charge is 0.343 e.